The Kier molecular flexibility index (Phi) is 5.90. The summed E-state index contributed by atoms with van der Waals surface area (Å²) in [6.07, 6.45) is 7.52. The average molecular weight is 455 g/mol. The minimum absolute atomic E-state index is 0.0520. The summed E-state index contributed by atoms with van der Waals surface area (Å²) in [6, 6.07) is 15.9. The van der Waals surface area contributed by atoms with Crippen LogP contribution in [-0.2, 0) is 19.5 Å². The zero-order valence-corrected chi connectivity index (χ0v) is 19.2. The molecule has 0 aliphatic rings. The molecule has 172 valence electrons. The minimum Gasteiger partial charge on any atom is -0.334 e. The number of aromatic amines is 1. The van der Waals surface area contributed by atoms with Crippen molar-refractivity contribution in [3.05, 3.63) is 89.0 Å². The molecule has 34 heavy (non-hydrogen) atoms. The van der Waals surface area contributed by atoms with Gasteiger partial charge in [0.15, 0.2) is 5.82 Å². The summed E-state index contributed by atoms with van der Waals surface area (Å²) < 4.78 is 5.64. The predicted molar refractivity (Wildman–Crippen MR) is 130 cm³/mol. The van der Waals surface area contributed by atoms with E-state index in [0.29, 0.717) is 12.4 Å². The van der Waals surface area contributed by atoms with Crippen molar-refractivity contribution in [2.45, 2.75) is 39.8 Å². The molecule has 0 bridgehead atoms. The average Bonchev–Trinajstić information content (AvgIpc) is 3.62. The van der Waals surface area contributed by atoms with Gasteiger partial charge in [0.25, 0.3) is 0 Å². The number of benzene rings is 1. The van der Waals surface area contributed by atoms with E-state index in [1.807, 2.05) is 65.5 Å². The maximum absolute atomic E-state index is 13.4. The molecular weight excluding hydrogens is 428 g/mol. The summed E-state index contributed by atoms with van der Waals surface area (Å²) in [7, 11) is 0. The Balaban J connectivity index is 1.50. The molecule has 4 heterocycles. The van der Waals surface area contributed by atoms with Crippen molar-refractivity contribution in [3.8, 4) is 28.3 Å². The smallest absolute Gasteiger partial charge is 0.334 e. The highest BCUT2D eigenvalue weighted by molar-refractivity contribution is 5.70. The van der Waals surface area contributed by atoms with Crippen LogP contribution in [0.2, 0.25) is 0 Å². The number of nitrogens with one attached hydrogen (secondary N) is 1. The van der Waals surface area contributed by atoms with Crippen LogP contribution >= 0.6 is 0 Å². The van der Waals surface area contributed by atoms with Crippen LogP contribution in [0.4, 0.5) is 0 Å². The molecule has 0 unspecified atom stereocenters. The Morgan fingerprint density at radius 3 is 2.65 bits per heavy atom. The number of hydrogen-bond donors (Lipinski definition) is 1. The van der Waals surface area contributed by atoms with Crippen molar-refractivity contribution < 1.29 is 0 Å². The van der Waals surface area contributed by atoms with Crippen molar-refractivity contribution >= 4 is 0 Å². The van der Waals surface area contributed by atoms with Crippen LogP contribution in [-0.4, -0.2) is 39.3 Å². The van der Waals surface area contributed by atoms with Crippen molar-refractivity contribution in [1.82, 2.24) is 39.3 Å². The highest BCUT2D eigenvalue weighted by Gasteiger charge is 2.15. The van der Waals surface area contributed by atoms with Gasteiger partial charge in [-0.2, -0.15) is 0 Å². The summed E-state index contributed by atoms with van der Waals surface area (Å²) >= 11 is 0. The normalized spacial score (nSPS) is 11.2. The maximum atomic E-state index is 13.4. The van der Waals surface area contributed by atoms with E-state index in [1.165, 1.54) is 0 Å². The Morgan fingerprint density at radius 2 is 1.85 bits per heavy atom. The molecule has 5 aromatic rings. The molecule has 0 spiro atoms. The van der Waals surface area contributed by atoms with Crippen LogP contribution in [0.1, 0.15) is 31.7 Å². The number of pyridine rings is 1. The Labute approximate surface area is 196 Å². The lowest BCUT2D eigenvalue weighted by Crippen LogP contribution is -2.26. The second-order valence-corrected chi connectivity index (χ2v) is 8.13. The largest absolute Gasteiger partial charge is 0.334 e. The number of aryl methyl sites for hydroxylation is 2. The van der Waals surface area contributed by atoms with Crippen LogP contribution in [0.25, 0.3) is 28.3 Å². The van der Waals surface area contributed by atoms with Gasteiger partial charge >= 0.3 is 5.69 Å². The summed E-state index contributed by atoms with van der Waals surface area (Å²) in [5.74, 6) is 1.49. The lowest BCUT2D eigenvalue weighted by molar-refractivity contribution is 0.667. The first kappa shape index (κ1) is 21.6. The number of imidazole rings is 1. The number of hydrogen-bond acceptors (Lipinski definition) is 5. The molecule has 5 rings (SSSR count). The molecule has 0 saturated carbocycles. The Bertz CT molecular complexity index is 1460. The van der Waals surface area contributed by atoms with Crippen LogP contribution < -0.4 is 5.69 Å². The number of nitrogens with zero attached hydrogens (tertiary/aromatic N) is 7. The third-order valence-corrected chi connectivity index (χ3v) is 5.91. The van der Waals surface area contributed by atoms with Crippen molar-refractivity contribution in [2.75, 3.05) is 0 Å². The first-order chi connectivity index (χ1) is 16.7. The molecule has 0 atom stereocenters. The molecule has 1 N–H and O–H groups in total. The van der Waals surface area contributed by atoms with Crippen molar-refractivity contribution in [3.63, 3.8) is 0 Å². The van der Waals surface area contributed by atoms with E-state index >= 15 is 0 Å². The fourth-order valence-corrected chi connectivity index (χ4v) is 4.24. The summed E-state index contributed by atoms with van der Waals surface area (Å²) in [4.78, 5) is 18.0. The van der Waals surface area contributed by atoms with E-state index in [0.717, 1.165) is 53.3 Å². The molecule has 9 nitrogen and oxygen atoms in total. The first-order valence-electron chi connectivity index (χ1n) is 11.4. The summed E-state index contributed by atoms with van der Waals surface area (Å²) in [5, 5.41) is 14.1. The van der Waals surface area contributed by atoms with Gasteiger partial charge in [-0.1, -0.05) is 31.5 Å². The van der Waals surface area contributed by atoms with Crippen LogP contribution in [0, 0.1) is 0 Å². The lowest BCUT2D eigenvalue weighted by atomic mass is 10.0. The van der Waals surface area contributed by atoms with Crippen LogP contribution in [0.15, 0.2) is 71.9 Å². The monoisotopic (exact) mass is 454 g/mol. The molecule has 0 saturated heterocycles. The second-order valence-electron chi connectivity index (χ2n) is 8.13. The van der Waals surface area contributed by atoms with Gasteiger partial charge in [0.05, 0.1) is 12.2 Å². The lowest BCUT2D eigenvalue weighted by Gasteiger charge is -2.09. The van der Waals surface area contributed by atoms with Gasteiger partial charge in [0.2, 0.25) is 0 Å². The van der Waals surface area contributed by atoms with Gasteiger partial charge in [-0.15, -0.1) is 5.10 Å². The first-order valence-corrected chi connectivity index (χ1v) is 11.4. The predicted octanol–water partition coefficient (Wildman–Crippen LogP) is 3.70. The minimum atomic E-state index is -0.0520. The second kappa shape index (κ2) is 9.30. The Hall–Kier alpha value is -4.27. The highest BCUT2D eigenvalue weighted by atomic mass is 16.1. The molecular formula is C25H26N8O. The molecule has 0 aliphatic heterocycles. The van der Waals surface area contributed by atoms with Crippen LogP contribution in [0.5, 0.6) is 0 Å². The quantitative estimate of drug-likeness (QED) is 0.385. The maximum Gasteiger partial charge on any atom is 0.334 e. The molecule has 0 amide bonds. The van der Waals surface area contributed by atoms with Crippen molar-refractivity contribution in [2.24, 2.45) is 0 Å². The third-order valence-electron chi connectivity index (χ3n) is 5.91. The molecule has 9 heteroatoms. The van der Waals surface area contributed by atoms with Crippen molar-refractivity contribution in [1.29, 1.82) is 0 Å². The van der Waals surface area contributed by atoms with Gasteiger partial charge in [0, 0.05) is 36.4 Å². The topological polar surface area (TPSA) is 99.2 Å². The van der Waals surface area contributed by atoms with E-state index in [-0.39, 0.29) is 5.69 Å². The van der Waals surface area contributed by atoms with Gasteiger partial charge in [0.1, 0.15) is 5.82 Å². The molecule has 1 aromatic carbocycles. The molecule has 0 aliphatic carbocycles. The van der Waals surface area contributed by atoms with E-state index in [9.17, 15) is 4.79 Å². The van der Waals surface area contributed by atoms with E-state index in [4.69, 9.17) is 0 Å². The Morgan fingerprint density at radius 1 is 1.00 bits per heavy atom. The summed E-state index contributed by atoms with van der Waals surface area (Å²) in [5.41, 5.74) is 4.72. The number of rotatable bonds is 8. The van der Waals surface area contributed by atoms with Gasteiger partial charge < -0.3 is 4.57 Å². The summed E-state index contributed by atoms with van der Waals surface area (Å²) in [6.45, 7) is 5.40. The van der Waals surface area contributed by atoms with Gasteiger partial charge in [-0.25, -0.2) is 9.89 Å². The number of H-pyrrole nitrogens is 1. The number of tetrazole rings is 1. The fourth-order valence-electron chi connectivity index (χ4n) is 4.24. The molecule has 0 radical (unpaired) electrons. The van der Waals surface area contributed by atoms with Crippen LogP contribution in [0.3, 0.4) is 0 Å². The highest BCUT2D eigenvalue weighted by Crippen LogP contribution is 2.24. The zero-order chi connectivity index (χ0) is 23.5. The zero-order valence-electron chi connectivity index (χ0n) is 19.2. The van der Waals surface area contributed by atoms with Gasteiger partial charge in [-0.3, -0.25) is 14.1 Å². The van der Waals surface area contributed by atoms with E-state index in [1.54, 1.807) is 10.8 Å². The molecule has 0 fully saturated rings. The van der Waals surface area contributed by atoms with E-state index in [2.05, 4.69) is 44.0 Å². The van der Waals surface area contributed by atoms with E-state index < -0.39 is 0 Å². The molecule has 4 aromatic heterocycles. The number of aromatic nitrogens is 8. The van der Waals surface area contributed by atoms with Gasteiger partial charge in [-0.05, 0) is 65.2 Å². The SMILES string of the molecule is CCCc1cn(-c2cccn2CC)c(=O)n1Cc1cc(-c2cccc(-c3nnn[nH]3)c2)ccn1. The fraction of sp³-hybridized carbons (Fsp3) is 0.240. The third kappa shape index (κ3) is 4.07. The standard InChI is InChI=1S/C25H26N8O/c1-3-7-22-17-33(23-10-6-13-31(23)4-2)25(34)32(22)16-21-15-19(11-12-26-21)18-8-5-9-20(14-18)24-27-29-30-28-24/h5-6,8-15,17H,3-4,7,16H2,1-2H3,(H,27,28,29,30).